The minimum atomic E-state index is -3.93. The van der Waals surface area contributed by atoms with E-state index in [1.165, 1.54) is 11.3 Å². The lowest BCUT2D eigenvalue weighted by Crippen LogP contribution is -2.46. The van der Waals surface area contributed by atoms with E-state index in [4.69, 9.17) is 18.0 Å². The molecule has 242 valence electrons. The first-order valence-electron chi connectivity index (χ1n) is 14.0. The molecule has 1 saturated heterocycles. The van der Waals surface area contributed by atoms with Crippen LogP contribution in [0.4, 0.5) is 0 Å². The largest absolute Gasteiger partial charge is 0.458 e. The van der Waals surface area contributed by atoms with Crippen LogP contribution in [0.25, 0.3) is 16.5 Å². The fourth-order valence-corrected chi connectivity index (χ4v) is 7.65. The number of rotatable bonds is 7. The Kier molecular flexibility index (Phi) is 14.7. The number of Topliss-reactive ketones (excluding diaryl/α,β-unsaturated/α-hetero) is 1. The molecule has 0 spiro atoms. The molecule has 43 heavy (non-hydrogen) atoms. The molecular weight excluding hydrogens is 634 g/mol. The highest BCUT2D eigenvalue weighted by Gasteiger charge is 2.44. The Balaban J connectivity index is 2.62. The highest BCUT2D eigenvalue weighted by Crippen LogP contribution is 2.36. The van der Waals surface area contributed by atoms with Gasteiger partial charge in [0.25, 0.3) is 10.1 Å². The van der Waals surface area contributed by atoms with Crippen molar-refractivity contribution in [2.45, 2.75) is 104 Å². The molecule has 1 aliphatic heterocycles. The predicted molar refractivity (Wildman–Crippen MR) is 172 cm³/mol. The van der Waals surface area contributed by atoms with Crippen LogP contribution in [0, 0.1) is 24.2 Å². The van der Waals surface area contributed by atoms with Crippen molar-refractivity contribution >= 4 is 58.2 Å². The molecule has 0 aliphatic carbocycles. The lowest BCUT2D eigenvalue weighted by atomic mass is 9.73. The third-order valence-electron chi connectivity index (χ3n) is 7.91. The molecule has 9 atom stereocenters. The number of aromatic nitrogens is 1. The standard InChI is InChI=1S/C27H44N4O8P2S2/c1-15-9-8-10-21(39-43(7,34)35)20(30-31-28)12-22(16(2)11-19-14-42-18(4)29-19)36-24(32)13-23(37-40)27(5,6)26(33)17(3)25(15)38-41/h11,14-15,17,20-23,25H,8-10,12-13,40-41H2,1-7H3. The van der Waals surface area contributed by atoms with Crippen molar-refractivity contribution in [3.8, 4) is 0 Å². The molecule has 16 heteroatoms. The van der Waals surface area contributed by atoms with E-state index in [1.54, 1.807) is 33.8 Å². The van der Waals surface area contributed by atoms with E-state index in [9.17, 15) is 23.5 Å². The molecule has 2 rings (SSSR count). The molecule has 1 fully saturated rings. The average Bonchev–Trinajstić information content (AvgIpc) is 3.32. The van der Waals surface area contributed by atoms with Crippen molar-refractivity contribution < 1.29 is 36.0 Å². The fourth-order valence-electron chi connectivity index (χ4n) is 5.46. The first-order chi connectivity index (χ1) is 20.0. The van der Waals surface area contributed by atoms with Gasteiger partial charge in [0.15, 0.2) is 0 Å². The second kappa shape index (κ2) is 16.7. The number of ketones is 1. The van der Waals surface area contributed by atoms with Gasteiger partial charge in [0, 0.05) is 35.1 Å². The average molecular weight is 679 g/mol. The SMILES string of the molecule is CC(=Cc1csc(C)n1)C1CC(N=[N+]=[N-])C(OS(C)(=O)=O)CCCC(C)C(OP)C(C)C(=O)C(C)(C)C(OP)CC(=O)O1. The van der Waals surface area contributed by atoms with E-state index >= 15 is 0 Å². The van der Waals surface area contributed by atoms with E-state index in [0.717, 1.165) is 11.3 Å². The normalized spacial score (nSPS) is 30.3. The Bertz CT molecular complexity index is 1300. The smallest absolute Gasteiger partial charge is 0.309 e. The summed E-state index contributed by atoms with van der Waals surface area (Å²) in [7, 11) is 0.440. The maximum Gasteiger partial charge on any atom is 0.309 e. The summed E-state index contributed by atoms with van der Waals surface area (Å²) in [5.41, 5.74) is 9.63. The van der Waals surface area contributed by atoms with Crippen molar-refractivity contribution in [3.05, 3.63) is 32.1 Å². The van der Waals surface area contributed by atoms with Crippen LogP contribution in [0.2, 0.25) is 0 Å². The minimum Gasteiger partial charge on any atom is -0.458 e. The number of azide groups is 1. The zero-order valence-corrected chi connectivity index (χ0v) is 29.7. The Morgan fingerprint density at radius 2 is 1.93 bits per heavy atom. The monoisotopic (exact) mass is 678 g/mol. The van der Waals surface area contributed by atoms with Gasteiger partial charge in [-0.05, 0) is 56.2 Å². The summed E-state index contributed by atoms with van der Waals surface area (Å²) in [4.78, 5) is 34.6. The van der Waals surface area contributed by atoms with E-state index in [-0.39, 0.29) is 31.0 Å². The third kappa shape index (κ3) is 11.1. The fraction of sp³-hybridized carbons (Fsp3) is 0.741. The lowest BCUT2D eigenvalue weighted by Gasteiger charge is -2.37. The number of aryl methyl sites for hydroxylation is 1. The van der Waals surface area contributed by atoms with Gasteiger partial charge < -0.3 is 13.8 Å². The first kappa shape index (κ1) is 37.7. The van der Waals surface area contributed by atoms with E-state index in [1.807, 2.05) is 19.2 Å². The lowest BCUT2D eigenvalue weighted by molar-refractivity contribution is -0.153. The summed E-state index contributed by atoms with van der Waals surface area (Å²) in [6.07, 6.45) is 0.467. The molecule has 0 amide bonds. The van der Waals surface area contributed by atoms with Crippen molar-refractivity contribution in [1.82, 2.24) is 4.98 Å². The van der Waals surface area contributed by atoms with E-state index in [2.05, 4.69) is 33.9 Å². The Labute approximate surface area is 263 Å². The Morgan fingerprint density at radius 1 is 1.26 bits per heavy atom. The number of hydrogen-bond donors (Lipinski definition) is 0. The second-order valence-electron chi connectivity index (χ2n) is 11.7. The van der Waals surface area contributed by atoms with Gasteiger partial charge in [-0.2, -0.15) is 8.42 Å². The number of esters is 1. The molecule has 0 bridgehead atoms. The van der Waals surface area contributed by atoms with Crippen molar-refractivity contribution in [2.75, 3.05) is 6.26 Å². The van der Waals surface area contributed by atoms with Crippen LogP contribution < -0.4 is 0 Å². The molecule has 9 unspecified atom stereocenters. The number of nitrogens with zero attached hydrogens (tertiary/aromatic N) is 4. The molecule has 1 aliphatic rings. The van der Waals surface area contributed by atoms with Gasteiger partial charge in [0.1, 0.15) is 11.9 Å². The molecule has 0 saturated carbocycles. The second-order valence-corrected chi connectivity index (χ2v) is 14.9. The van der Waals surface area contributed by atoms with Gasteiger partial charge in [-0.15, -0.1) is 11.3 Å². The van der Waals surface area contributed by atoms with Crippen molar-refractivity contribution in [2.24, 2.45) is 22.4 Å². The number of carbonyl (C=O) groups excluding carboxylic acids is 2. The van der Waals surface area contributed by atoms with Gasteiger partial charge in [0.2, 0.25) is 0 Å². The van der Waals surface area contributed by atoms with Crippen molar-refractivity contribution in [1.29, 1.82) is 0 Å². The molecule has 12 nitrogen and oxygen atoms in total. The molecular formula is C27H44N4O8P2S2. The van der Waals surface area contributed by atoms with E-state index < -0.39 is 57.9 Å². The van der Waals surface area contributed by atoms with Gasteiger partial charge in [-0.1, -0.05) is 39.2 Å². The third-order valence-corrected chi connectivity index (χ3v) is 9.94. The predicted octanol–water partition coefficient (Wildman–Crippen LogP) is 5.97. The highest BCUT2D eigenvalue weighted by atomic mass is 32.2. The minimum absolute atomic E-state index is 0.0416. The molecule has 2 heterocycles. The summed E-state index contributed by atoms with van der Waals surface area (Å²) < 4.78 is 47.2. The van der Waals surface area contributed by atoms with Crippen LogP contribution >= 0.6 is 30.3 Å². The number of hydrogen-bond acceptors (Lipinski definition) is 11. The Hall–Kier alpha value is -1.49. The molecule has 0 N–H and O–H groups in total. The van der Waals surface area contributed by atoms with Crippen LogP contribution in [-0.4, -0.2) is 61.9 Å². The Morgan fingerprint density at radius 3 is 2.47 bits per heavy atom. The van der Waals surface area contributed by atoms with Gasteiger partial charge >= 0.3 is 5.97 Å². The number of thiazole rings is 1. The molecule has 0 radical (unpaired) electrons. The zero-order chi connectivity index (χ0) is 32.5. The summed E-state index contributed by atoms with van der Waals surface area (Å²) >= 11 is 1.46. The number of cyclic esters (lactones) is 1. The molecule has 1 aromatic heterocycles. The van der Waals surface area contributed by atoms with Gasteiger partial charge in [-0.3, -0.25) is 13.8 Å². The molecule has 1 aromatic rings. The van der Waals surface area contributed by atoms with Crippen LogP contribution in [-0.2, 0) is 37.7 Å². The quantitative estimate of drug-likeness (QED) is 0.0843. The summed E-state index contributed by atoms with van der Waals surface area (Å²) in [6.45, 7) is 10.8. The van der Waals surface area contributed by atoms with Crippen LogP contribution in [0.5, 0.6) is 0 Å². The summed E-state index contributed by atoms with van der Waals surface area (Å²) in [6, 6.07) is -0.985. The zero-order valence-electron chi connectivity index (χ0n) is 25.8. The van der Waals surface area contributed by atoms with Gasteiger partial charge in [0.05, 0.1) is 53.1 Å². The van der Waals surface area contributed by atoms with Crippen LogP contribution in [0.1, 0.15) is 77.4 Å². The van der Waals surface area contributed by atoms with E-state index in [0.29, 0.717) is 24.1 Å². The summed E-state index contributed by atoms with van der Waals surface area (Å²) in [5, 5.41) is 6.62. The maximum absolute atomic E-state index is 13.8. The summed E-state index contributed by atoms with van der Waals surface area (Å²) in [5.74, 6) is -1.43. The first-order valence-corrected chi connectivity index (χ1v) is 17.7. The maximum atomic E-state index is 13.8. The van der Waals surface area contributed by atoms with Crippen molar-refractivity contribution in [3.63, 3.8) is 0 Å². The van der Waals surface area contributed by atoms with Crippen LogP contribution in [0.15, 0.2) is 16.1 Å². The number of carbonyl (C=O) groups is 2. The van der Waals surface area contributed by atoms with Gasteiger partial charge in [-0.25, -0.2) is 4.98 Å². The highest BCUT2D eigenvalue weighted by molar-refractivity contribution is 7.86. The number of ether oxygens (including phenoxy) is 1. The molecule has 0 aromatic carbocycles. The van der Waals surface area contributed by atoms with Crippen LogP contribution in [0.3, 0.4) is 0 Å². The topological polar surface area (TPSA) is 167 Å².